The number of nitrogens with two attached hydrogens (primary N) is 2. The number of hydrogen-bond donors (Lipinski definition) is 4. The van der Waals surface area contributed by atoms with Crippen LogP contribution in [0.15, 0.2) is 0 Å². The molecule has 0 spiro atoms. The fourth-order valence-electron chi connectivity index (χ4n) is 2.15. The quantitative estimate of drug-likeness (QED) is 0.523. The van der Waals surface area contributed by atoms with Crippen molar-refractivity contribution in [2.45, 2.75) is 55.2 Å². The van der Waals surface area contributed by atoms with Crippen molar-refractivity contribution < 1.29 is 15.0 Å². The minimum absolute atomic E-state index is 0.230. The normalized spacial score (nSPS) is 31.6. The number of aliphatic hydroxyl groups is 1. The molecule has 0 heterocycles. The van der Waals surface area contributed by atoms with Crippen LogP contribution >= 0.6 is 23.5 Å². The van der Waals surface area contributed by atoms with E-state index in [-0.39, 0.29) is 16.9 Å². The van der Waals surface area contributed by atoms with Gasteiger partial charge in [0.05, 0.1) is 22.8 Å². The number of thioether (sulfide) groups is 2. The van der Waals surface area contributed by atoms with Crippen LogP contribution in [0.1, 0.15) is 33.1 Å². The fourth-order valence-corrected chi connectivity index (χ4v) is 4.72. The van der Waals surface area contributed by atoms with Gasteiger partial charge in [-0.25, -0.2) is 0 Å². The molecule has 1 rings (SSSR count). The second-order valence-electron chi connectivity index (χ2n) is 5.62. The Hall–Kier alpha value is 0.0500. The Balaban J connectivity index is 2.36. The molecule has 0 bridgehead atoms. The lowest BCUT2D eigenvalue weighted by Crippen LogP contribution is -2.40. The molecule has 0 amide bonds. The molecule has 0 aromatic rings. The lowest BCUT2D eigenvalue weighted by molar-refractivity contribution is -0.140. The Morgan fingerprint density at radius 3 is 2.60 bits per heavy atom. The molecule has 7 heteroatoms. The van der Waals surface area contributed by atoms with Crippen LogP contribution in [-0.4, -0.2) is 44.0 Å². The molecule has 0 aromatic carbocycles. The highest BCUT2D eigenvalue weighted by Gasteiger charge is 2.30. The number of aliphatic carboxylic acids is 1. The van der Waals surface area contributed by atoms with E-state index in [2.05, 4.69) is 6.92 Å². The summed E-state index contributed by atoms with van der Waals surface area (Å²) in [4.78, 5) is 10.8. The third-order valence-electron chi connectivity index (χ3n) is 3.71. The smallest absolute Gasteiger partial charge is 0.307 e. The van der Waals surface area contributed by atoms with Crippen molar-refractivity contribution in [1.29, 1.82) is 0 Å². The maximum absolute atomic E-state index is 10.8. The van der Waals surface area contributed by atoms with E-state index in [4.69, 9.17) is 16.6 Å². The van der Waals surface area contributed by atoms with Crippen LogP contribution in [0.4, 0.5) is 0 Å². The van der Waals surface area contributed by atoms with Gasteiger partial charge in [0.25, 0.3) is 0 Å². The minimum atomic E-state index is -0.810. The van der Waals surface area contributed by atoms with Gasteiger partial charge in [-0.05, 0) is 25.2 Å². The van der Waals surface area contributed by atoms with Gasteiger partial charge in [0.15, 0.2) is 0 Å². The number of aliphatic hydroxyl groups excluding tert-OH is 1. The van der Waals surface area contributed by atoms with Gasteiger partial charge in [-0.2, -0.15) is 0 Å². The highest BCUT2D eigenvalue weighted by atomic mass is 32.2. The van der Waals surface area contributed by atoms with Crippen molar-refractivity contribution in [3.63, 3.8) is 0 Å². The zero-order valence-electron chi connectivity index (χ0n) is 12.1. The van der Waals surface area contributed by atoms with E-state index in [9.17, 15) is 9.90 Å². The van der Waals surface area contributed by atoms with Crippen molar-refractivity contribution in [2.75, 3.05) is 5.75 Å². The van der Waals surface area contributed by atoms with Crippen LogP contribution in [-0.2, 0) is 4.79 Å². The summed E-state index contributed by atoms with van der Waals surface area (Å²) in [7, 11) is 0. The zero-order chi connectivity index (χ0) is 15.3. The highest BCUT2D eigenvalue weighted by molar-refractivity contribution is 8.04. The fraction of sp³-hybridized carbons (Fsp3) is 0.923. The van der Waals surface area contributed by atoms with Gasteiger partial charge in [-0.1, -0.05) is 13.8 Å². The van der Waals surface area contributed by atoms with Gasteiger partial charge in [0.2, 0.25) is 0 Å². The Bertz CT molecular complexity index is 320. The number of carboxylic acid groups (broad SMARTS) is 1. The first-order valence-electron chi connectivity index (χ1n) is 7.00. The van der Waals surface area contributed by atoms with Crippen LogP contribution in [0.25, 0.3) is 0 Å². The average Bonchev–Trinajstić information content (AvgIpc) is 2.39. The molecule has 0 aliphatic heterocycles. The second kappa shape index (κ2) is 8.48. The Morgan fingerprint density at radius 1 is 1.35 bits per heavy atom. The third kappa shape index (κ3) is 5.81. The molecule has 1 aliphatic rings. The van der Waals surface area contributed by atoms with Crippen LogP contribution in [0.2, 0.25) is 0 Å². The van der Waals surface area contributed by atoms with Gasteiger partial charge >= 0.3 is 5.97 Å². The molecule has 1 fully saturated rings. The summed E-state index contributed by atoms with van der Waals surface area (Å²) in [6, 6.07) is 0. The summed E-state index contributed by atoms with van der Waals surface area (Å²) in [5.41, 5.74) is 12.1. The summed E-state index contributed by atoms with van der Waals surface area (Å²) in [5.74, 6) is -0.230. The number of rotatable bonds is 7. The Morgan fingerprint density at radius 2 is 2.00 bits per heavy atom. The van der Waals surface area contributed by atoms with E-state index in [1.165, 1.54) is 11.8 Å². The topological polar surface area (TPSA) is 110 Å². The standard InChI is InChI=1S/C13H26N2O3S2/c1-7-3-4-9(16)5-10(7)20-12(15)11(14)19-6-8(2)13(17)18/h7-12,16H,3-6,14-15H2,1-2H3,(H,17,18). The summed E-state index contributed by atoms with van der Waals surface area (Å²) >= 11 is 3.03. The number of hydrogen-bond acceptors (Lipinski definition) is 6. The molecule has 1 saturated carbocycles. The van der Waals surface area contributed by atoms with Gasteiger partial charge in [-0.3, -0.25) is 4.79 Å². The SMILES string of the molecule is CC(CSC(N)C(N)SC1CC(O)CCC1C)C(=O)O. The van der Waals surface area contributed by atoms with Crippen molar-refractivity contribution >= 4 is 29.5 Å². The van der Waals surface area contributed by atoms with Crippen LogP contribution in [0.3, 0.4) is 0 Å². The van der Waals surface area contributed by atoms with E-state index >= 15 is 0 Å². The minimum Gasteiger partial charge on any atom is -0.481 e. The first-order valence-corrected chi connectivity index (χ1v) is 8.99. The molecule has 0 aromatic heterocycles. The number of carbonyl (C=O) groups is 1. The maximum Gasteiger partial charge on any atom is 0.307 e. The largest absolute Gasteiger partial charge is 0.481 e. The average molecular weight is 322 g/mol. The first-order chi connectivity index (χ1) is 9.31. The molecule has 6 unspecified atom stereocenters. The Kier molecular flexibility index (Phi) is 7.68. The van der Waals surface area contributed by atoms with Gasteiger partial charge in [0.1, 0.15) is 0 Å². The van der Waals surface area contributed by atoms with E-state index in [0.717, 1.165) is 19.3 Å². The van der Waals surface area contributed by atoms with E-state index in [0.29, 0.717) is 16.9 Å². The Labute approximate surface area is 129 Å². The molecule has 1 aliphatic carbocycles. The predicted molar refractivity (Wildman–Crippen MR) is 85.6 cm³/mol. The van der Waals surface area contributed by atoms with Crippen molar-refractivity contribution in [3.8, 4) is 0 Å². The molecule has 0 saturated heterocycles. The van der Waals surface area contributed by atoms with E-state index < -0.39 is 11.9 Å². The summed E-state index contributed by atoms with van der Waals surface area (Å²) in [6.45, 7) is 3.85. The summed E-state index contributed by atoms with van der Waals surface area (Å²) in [6.07, 6.45) is 2.42. The molecule has 0 radical (unpaired) electrons. The van der Waals surface area contributed by atoms with Crippen LogP contribution in [0.5, 0.6) is 0 Å². The third-order valence-corrected chi connectivity index (χ3v) is 6.87. The molecular formula is C13H26N2O3S2. The monoisotopic (exact) mass is 322 g/mol. The van der Waals surface area contributed by atoms with Crippen LogP contribution < -0.4 is 11.5 Å². The zero-order valence-corrected chi connectivity index (χ0v) is 13.7. The predicted octanol–water partition coefficient (Wildman–Crippen LogP) is 1.29. The van der Waals surface area contributed by atoms with Gasteiger partial charge < -0.3 is 21.7 Å². The molecule has 20 heavy (non-hydrogen) atoms. The second-order valence-corrected chi connectivity index (χ2v) is 8.25. The summed E-state index contributed by atoms with van der Waals surface area (Å²) < 4.78 is 0. The lowest BCUT2D eigenvalue weighted by Gasteiger charge is -2.34. The lowest BCUT2D eigenvalue weighted by atomic mass is 9.88. The van der Waals surface area contributed by atoms with Crippen molar-refractivity contribution in [2.24, 2.45) is 23.3 Å². The molecular weight excluding hydrogens is 296 g/mol. The van der Waals surface area contributed by atoms with Gasteiger partial charge in [0, 0.05) is 11.0 Å². The van der Waals surface area contributed by atoms with Crippen molar-refractivity contribution in [1.82, 2.24) is 0 Å². The van der Waals surface area contributed by atoms with Gasteiger partial charge in [-0.15, -0.1) is 23.5 Å². The van der Waals surface area contributed by atoms with E-state index in [1.807, 2.05) is 0 Å². The molecule has 6 atom stereocenters. The maximum atomic E-state index is 10.8. The molecule has 6 N–H and O–H groups in total. The van der Waals surface area contributed by atoms with E-state index in [1.54, 1.807) is 18.7 Å². The van der Waals surface area contributed by atoms with Crippen LogP contribution in [0, 0.1) is 11.8 Å². The first kappa shape index (κ1) is 18.1. The summed E-state index contributed by atoms with van der Waals surface area (Å²) in [5, 5.41) is 18.4. The number of carboxylic acids is 1. The highest BCUT2D eigenvalue weighted by Crippen LogP contribution is 2.36. The van der Waals surface area contributed by atoms with Crippen molar-refractivity contribution in [3.05, 3.63) is 0 Å². The molecule has 118 valence electrons. The molecule has 5 nitrogen and oxygen atoms in total.